The number of allylic oxidation sites excluding steroid dienone is 1. The molecule has 0 saturated heterocycles. The molecule has 0 saturated carbocycles. The van der Waals surface area contributed by atoms with Gasteiger partial charge in [-0.05, 0) is 38.3 Å². The fourth-order valence-electron chi connectivity index (χ4n) is 2.00. The Balaban J connectivity index is 2.20. The largest absolute Gasteiger partial charge is 0.401 e. The van der Waals surface area contributed by atoms with Crippen LogP contribution in [0.1, 0.15) is 30.8 Å². The lowest BCUT2D eigenvalue weighted by atomic mass is 10.2. The number of thioether (sulfide) groups is 1. The molecule has 0 aliphatic heterocycles. The molecule has 0 atom stereocenters. The third-order valence-corrected chi connectivity index (χ3v) is 4.98. The molecule has 22 heavy (non-hydrogen) atoms. The normalized spacial score (nSPS) is 12.4. The van der Waals surface area contributed by atoms with Crippen molar-refractivity contribution in [3.05, 3.63) is 46.9 Å². The van der Waals surface area contributed by atoms with E-state index >= 15 is 0 Å². The number of hydrogen-bond acceptors (Lipinski definition) is 6. The van der Waals surface area contributed by atoms with Gasteiger partial charge < -0.3 is 10.3 Å². The molecule has 5 nitrogen and oxygen atoms in total. The Kier molecular flexibility index (Phi) is 5.93. The van der Waals surface area contributed by atoms with Crippen molar-refractivity contribution in [3.8, 4) is 0 Å². The smallest absolute Gasteiger partial charge is 0.191 e. The van der Waals surface area contributed by atoms with Gasteiger partial charge in [0.1, 0.15) is 0 Å². The van der Waals surface area contributed by atoms with Crippen LogP contribution in [0.3, 0.4) is 0 Å². The minimum Gasteiger partial charge on any atom is -0.401 e. The molecule has 0 amide bonds. The van der Waals surface area contributed by atoms with Crippen molar-refractivity contribution in [1.29, 1.82) is 0 Å². The van der Waals surface area contributed by atoms with Crippen LogP contribution >= 0.6 is 23.7 Å². The fourth-order valence-corrected chi connectivity index (χ4v) is 3.40. The Morgan fingerprint density at radius 2 is 1.91 bits per heavy atom. The second-order valence-corrected chi connectivity index (χ2v) is 6.54. The van der Waals surface area contributed by atoms with E-state index in [-0.39, 0.29) is 0 Å². The maximum atomic E-state index is 5.88. The maximum absolute atomic E-state index is 5.88. The summed E-state index contributed by atoms with van der Waals surface area (Å²) in [5, 5.41) is 15.1. The molecule has 1 aromatic carbocycles. The molecular formula is C15H21N5S2. The number of aromatic nitrogens is 3. The average Bonchev–Trinajstić information content (AvgIpc) is 2.90. The summed E-state index contributed by atoms with van der Waals surface area (Å²) in [6.45, 7) is 6.75. The molecule has 0 aliphatic carbocycles. The van der Waals surface area contributed by atoms with Crippen molar-refractivity contribution >= 4 is 28.6 Å². The van der Waals surface area contributed by atoms with Crippen LogP contribution in [0.4, 0.5) is 0 Å². The molecule has 0 radical (unpaired) electrons. The zero-order valence-electron chi connectivity index (χ0n) is 13.0. The van der Waals surface area contributed by atoms with Crippen LogP contribution in [-0.2, 0) is 12.3 Å². The van der Waals surface area contributed by atoms with Crippen LogP contribution in [0.15, 0.2) is 35.1 Å². The predicted octanol–water partition coefficient (Wildman–Crippen LogP) is 3.15. The number of aryl methyl sites for hydroxylation is 1. The number of rotatable bonds is 6. The lowest BCUT2D eigenvalue weighted by molar-refractivity contribution is 0.674. The Morgan fingerprint density at radius 1 is 1.23 bits per heavy atom. The second kappa shape index (κ2) is 7.71. The van der Waals surface area contributed by atoms with Gasteiger partial charge in [0.25, 0.3) is 0 Å². The van der Waals surface area contributed by atoms with E-state index in [2.05, 4.69) is 48.3 Å². The zero-order valence-corrected chi connectivity index (χ0v) is 14.7. The van der Waals surface area contributed by atoms with E-state index in [1.54, 1.807) is 11.8 Å². The summed E-state index contributed by atoms with van der Waals surface area (Å²) in [4.78, 5) is 0.775. The topological polar surface area (TPSA) is 82.8 Å². The number of benzene rings is 1. The van der Waals surface area contributed by atoms with Crippen molar-refractivity contribution in [2.24, 2.45) is 10.9 Å². The summed E-state index contributed by atoms with van der Waals surface area (Å²) in [7, 11) is 0. The molecule has 2 rings (SSSR count). The molecule has 0 fully saturated rings. The average molecular weight is 336 g/mol. The summed E-state index contributed by atoms with van der Waals surface area (Å²) < 4.78 is 2.05. The van der Waals surface area contributed by atoms with Gasteiger partial charge in [-0.3, -0.25) is 5.14 Å². The van der Waals surface area contributed by atoms with Crippen molar-refractivity contribution in [2.75, 3.05) is 0 Å². The van der Waals surface area contributed by atoms with E-state index < -0.39 is 0 Å². The second-order valence-electron chi connectivity index (χ2n) is 4.95. The van der Waals surface area contributed by atoms with Gasteiger partial charge in [0.2, 0.25) is 0 Å². The van der Waals surface area contributed by atoms with Gasteiger partial charge in [-0.1, -0.05) is 41.6 Å². The minimum atomic E-state index is 0.657. The van der Waals surface area contributed by atoms with Gasteiger partial charge in [0, 0.05) is 18.0 Å². The van der Waals surface area contributed by atoms with E-state index in [4.69, 9.17) is 10.9 Å². The van der Waals surface area contributed by atoms with Gasteiger partial charge >= 0.3 is 0 Å². The quantitative estimate of drug-likeness (QED) is 0.623. The van der Waals surface area contributed by atoms with Crippen LogP contribution in [0.25, 0.3) is 4.91 Å². The number of hydrogen-bond donors (Lipinski definition) is 2. The van der Waals surface area contributed by atoms with Gasteiger partial charge in [-0.25, -0.2) is 0 Å². The number of nitrogens with zero attached hydrogens (tertiary/aromatic N) is 3. The Morgan fingerprint density at radius 3 is 2.45 bits per heavy atom. The van der Waals surface area contributed by atoms with Gasteiger partial charge in [0.15, 0.2) is 11.0 Å². The highest BCUT2D eigenvalue weighted by Gasteiger charge is 2.16. The predicted molar refractivity (Wildman–Crippen MR) is 95.0 cm³/mol. The van der Waals surface area contributed by atoms with Gasteiger partial charge in [-0.15, -0.1) is 10.2 Å². The third kappa shape index (κ3) is 3.85. The Labute approximate surface area is 139 Å². The number of nitrogens with two attached hydrogens (primary N) is 2. The third-order valence-electron chi connectivity index (χ3n) is 3.20. The first kappa shape index (κ1) is 16.9. The van der Waals surface area contributed by atoms with Gasteiger partial charge in [0.05, 0.1) is 4.91 Å². The molecule has 0 aliphatic rings. The monoisotopic (exact) mass is 335 g/mol. The highest BCUT2D eigenvalue weighted by atomic mass is 32.2. The lowest BCUT2D eigenvalue weighted by Crippen LogP contribution is -2.06. The van der Waals surface area contributed by atoms with E-state index in [0.29, 0.717) is 5.70 Å². The summed E-state index contributed by atoms with van der Waals surface area (Å²) >= 11 is 2.78. The fraction of sp³-hybridized carbons (Fsp3) is 0.333. The van der Waals surface area contributed by atoms with Crippen LogP contribution in [-0.4, -0.2) is 14.8 Å². The van der Waals surface area contributed by atoms with E-state index in [1.807, 2.05) is 11.5 Å². The first-order valence-electron chi connectivity index (χ1n) is 7.01. The van der Waals surface area contributed by atoms with Crippen LogP contribution < -0.4 is 10.9 Å². The molecule has 1 aromatic heterocycles. The SMILES string of the molecule is CCn1c(SCc2ccc(C)cc2)nnc1/C(SN)=C(\C)N. The first-order valence-corrected chi connectivity index (χ1v) is 8.88. The molecule has 1 heterocycles. The molecular weight excluding hydrogens is 314 g/mol. The van der Waals surface area contributed by atoms with E-state index in [1.165, 1.54) is 11.1 Å². The molecule has 0 bridgehead atoms. The van der Waals surface area contributed by atoms with Crippen molar-refractivity contribution in [2.45, 2.75) is 38.2 Å². The van der Waals surface area contributed by atoms with Crippen molar-refractivity contribution < 1.29 is 0 Å². The highest BCUT2D eigenvalue weighted by molar-refractivity contribution is 8.06. The van der Waals surface area contributed by atoms with Crippen LogP contribution in [0.5, 0.6) is 0 Å². The van der Waals surface area contributed by atoms with Crippen molar-refractivity contribution in [3.63, 3.8) is 0 Å². The molecule has 0 unspecified atom stereocenters. The zero-order chi connectivity index (χ0) is 16.1. The highest BCUT2D eigenvalue weighted by Crippen LogP contribution is 2.28. The Hall–Kier alpha value is -1.44. The summed E-state index contributed by atoms with van der Waals surface area (Å²) in [5.41, 5.74) is 9.07. The van der Waals surface area contributed by atoms with E-state index in [0.717, 1.165) is 40.1 Å². The van der Waals surface area contributed by atoms with Crippen molar-refractivity contribution in [1.82, 2.24) is 14.8 Å². The lowest BCUT2D eigenvalue weighted by Gasteiger charge is -2.09. The molecule has 2 aromatic rings. The first-order chi connectivity index (χ1) is 10.6. The molecule has 0 spiro atoms. The standard InChI is InChI=1S/C15H21N5S2/c1-4-20-14(13(22-17)11(3)16)18-19-15(20)21-9-12-7-5-10(2)6-8-12/h5-8H,4,9,16-17H2,1-3H3/b13-11-. The van der Waals surface area contributed by atoms with Crippen LogP contribution in [0, 0.1) is 6.92 Å². The maximum Gasteiger partial charge on any atom is 0.191 e. The summed E-state index contributed by atoms with van der Waals surface area (Å²) in [6.07, 6.45) is 0. The molecule has 7 heteroatoms. The molecule has 4 N–H and O–H groups in total. The van der Waals surface area contributed by atoms with E-state index in [9.17, 15) is 0 Å². The van der Waals surface area contributed by atoms with Gasteiger partial charge in [-0.2, -0.15) is 0 Å². The summed E-state index contributed by atoms with van der Waals surface area (Å²) in [6, 6.07) is 8.52. The minimum absolute atomic E-state index is 0.657. The molecule has 118 valence electrons. The Bertz CT molecular complexity index is 657. The van der Waals surface area contributed by atoms with Crippen LogP contribution in [0.2, 0.25) is 0 Å². The summed E-state index contributed by atoms with van der Waals surface area (Å²) in [5.74, 6) is 1.59.